The number of ether oxygens (including phenoxy) is 2. The van der Waals surface area contributed by atoms with E-state index in [4.69, 9.17) is 14.7 Å². The second kappa shape index (κ2) is 5.81. The van der Waals surface area contributed by atoms with Gasteiger partial charge in [0.2, 0.25) is 0 Å². The lowest BCUT2D eigenvalue weighted by molar-refractivity contribution is 0.170. The molecular formula is C14H17BrN2O2. The van der Waals surface area contributed by atoms with Crippen molar-refractivity contribution >= 4 is 15.9 Å². The second-order valence-electron chi connectivity index (χ2n) is 5.20. The van der Waals surface area contributed by atoms with E-state index in [9.17, 15) is 0 Å². The van der Waals surface area contributed by atoms with Gasteiger partial charge in [-0.2, -0.15) is 5.26 Å². The van der Waals surface area contributed by atoms with Gasteiger partial charge < -0.3 is 14.8 Å². The minimum absolute atomic E-state index is 0.356. The van der Waals surface area contributed by atoms with Crippen LogP contribution in [-0.2, 0) is 6.54 Å². The van der Waals surface area contributed by atoms with E-state index in [1.807, 2.05) is 26.0 Å². The highest BCUT2D eigenvalue weighted by molar-refractivity contribution is 9.10. The first-order valence-electron chi connectivity index (χ1n) is 6.22. The Morgan fingerprint density at radius 3 is 2.84 bits per heavy atom. The molecule has 1 heterocycles. The topological polar surface area (TPSA) is 54.3 Å². The molecule has 0 aromatic heterocycles. The molecule has 0 saturated heterocycles. The van der Waals surface area contributed by atoms with Crippen LogP contribution in [0.25, 0.3) is 0 Å². The Morgan fingerprint density at radius 1 is 1.37 bits per heavy atom. The van der Waals surface area contributed by atoms with Crippen molar-refractivity contribution in [1.29, 1.82) is 5.26 Å². The molecular weight excluding hydrogens is 308 g/mol. The van der Waals surface area contributed by atoms with E-state index in [-0.39, 0.29) is 5.41 Å². The standard InChI is InChI=1S/C14H17BrN2O2/c1-14(2,8-16)9-17-7-10-5-11(15)13-12(6-10)18-3-4-19-13/h5-6,17H,3-4,7,9H2,1-2H3. The van der Waals surface area contributed by atoms with Gasteiger partial charge in [-0.15, -0.1) is 0 Å². The predicted molar refractivity (Wildman–Crippen MR) is 76.2 cm³/mol. The van der Waals surface area contributed by atoms with Gasteiger partial charge in [0, 0.05) is 13.1 Å². The fourth-order valence-electron chi connectivity index (χ4n) is 1.83. The molecule has 0 atom stereocenters. The highest BCUT2D eigenvalue weighted by Crippen LogP contribution is 2.38. The summed E-state index contributed by atoms with van der Waals surface area (Å²) in [7, 11) is 0. The number of nitriles is 1. The van der Waals surface area contributed by atoms with E-state index in [1.165, 1.54) is 0 Å². The Kier molecular flexibility index (Phi) is 4.33. The molecule has 0 aliphatic carbocycles. The van der Waals surface area contributed by atoms with Crippen molar-refractivity contribution in [3.63, 3.8) is 0 Å². The Bertz CT molecular complexity index is 509. The summed E-state index contributed by atoms with van der Waals surface area (Å²) in [5, 5.41) is 12.2. The molecule has 0 unspecified atom stereocenters. The third-order valence-corrected chi connectivity index (χ3v) is 3.44. The van der Waals surface area contributed by atoms with Crippen LogP contribution >= 0.6 is 15.9 Å². The average molecular weight is 325 g/mol. The molecule has 5 heteroatoms. The van der Waals surface area contributed by atoms with Gasteiger partial charge in [-0.3, -0.25) is 0 Å². The monoisotopic (exact) mass is 324 g/mol. The van der Waals surface area contributed by atoms with Gasteiger partial charge in [-0.25, -0.2) is 0 Å². The Labute approximate surface area is 121 Å². The highest BCUT2D eigenvalue weighted by atomic mass is 79.9. The summed E-state index contributed by atoms with van der Waals surface area (Å²) in [6, 6.07) is 6.26. The van der Waals surface area contributed by atoms with Crippen LogP contribution in [0.2, 0.25) is 0 Å². The Hall–Kier alpha value is -1.25. The van der Waals surface area contributed by atoms with E-state index in [2.05, 4.69) is 27.3 Å². The maximum absolute atomic E-state index is 8.96. The Morgan fingerprint density at radius 2 is 2.11 bits per heavy atom. The summed E-state index contributed by atoms with van der Waals surface area (Å²) >= 11 is 3.49. The van der Waals surface area contributed by atoms with Crippen LogP contribution in [0.5, 0.6) is 11.5 Å². The first kappa shape index (κ1) is 14.2. The van der Waals surface area contributed by atoms with Crippen LogP contribution < -0.4 is 14.8 Å². The van der Waals surface area contributed by atoms with Crippen molar-refractivity contribution < 1.29 is 9.47 Å². The molecule has 0 bridgehead atoms. The third-order valence-electron chi connectivity index (χ3n) is 2.86. The molecule has 1 aromatic carbocycles. The maximum atomic E-state index is 8.96. The SMILES string of the molecule is CC(C)(C#N)CNCc1cc(Br)c2c(c1)OCCO2. The molecule has 1 N–H and O–H groups in total. The van der Waals surface area contributed by atoms with Crippen molar-refractivity contribution in [3.8, 4) is 17.6 Å². The summed E-state index contributed by atoms with van der Waals surface area (Å²) in [6.45, 7) is 6.34. The number of rotatable bonds is 4. The first-order valence-corrected chi connectivity index (χ1v) is 7.01. The smallest absolute Gasteiger partial charge is 0.175 e. The van der Waals surface area contributed by atoms with Gasteiger partial charge in [0.1, 0.15) is 13.2 Å². The van der Waals surface area contributed by atoms with Crippen molar-refractivity contribution in [3.05, 3.63) is 22.2 Å². The molecule has 19 heavy (non-hydrogen) atoms. The van der Waals surface area contributed by atoms with Crippen molar-refractivity contribution in [2.75, 3.05) is 19.8 Å². The van der Waals surface area contributed by atoms with Crippen LogP contribution in [0.3, 0.4) is 0 Å². The zero-order valence-corrected chi connectivity index (χ0v) is 12.7. The van der Waals surface area contributed by atoms with Crippen LogP contribution in [0.1, 0.15) is 19.4 Å². The van der Waals surface area contributed by atoms with Crippen LogP contribution in [0.4, 0.5) is 0 Å². The molecule has 1 aromatic rings. The molecule has 1 aliphatic rings. The number of benzene rings is 1. The van der Waals surface area contributed by atoms with E-state index in [0.29, 0.717) is 26.3 Å². The predicted octanol–water partition coefficient (Wildman–Crippen LogP) is 2.86. The number of hydrogen-bond donors (Lipinski definition) is 1. The fraction of sp³-hybridized carbons (Fsp3) is 0.500. The zero-order chi connectivity index (χ0) is 13.9. The summed E-state index contributed by atoms with van der Waals surface area (Å²) in [6.07, 6.45) is 0. The lowest BCUT2D eigenvalue weighted by Gasteiger charge is -2.21. The van der Waals surface area contributed by atoms with Crippen LogP contribution in [0.15, 0.2) is 16.6 Å². The summed E-state index contributed by atoms with van der Waals surface area (Å²) in [5.41, 5.74) is 0.746. The van der Waals surface area contributed by atoms with E-state index in [1.54, 1.807) is 0 Å². The number of hydrogen-bond acceptors (Lipinski definition) is 4. The number of nitrogens with one attached hydrogen (secondary N) is 1. The molecule has 0 spiro atoms. The molecule has 0 amide bonds. The van der Waals surface area contributed by atoms with Crippen LogP contribution in [0, 0.1) is 16.7 Å². The maximum Gasteiger partial charge on any atom is 0.175 e. The van der Waals surface area contributed by atoms with Crippen molar-refractivity contribution in [2.45, 2.75) is 20.4 Å². The quantitative estimate of drug-likeness (QED) is 0.925. The number of halogens is 1. The van der Waals surface area contributed by atoms with E-state index in [0.717, 1.165) is 21.5 Å². The highest BCUT2D eigenvalue weighted by Gasteiger charge is 2.18. The average Bonchev–Trinajstić information content (AvgIpc) is 2.39. The fourth-order valence-corrected chi connectivity index (χ4v) is 2.43. The normalized spacial score (nSPS) is 14.0. The lowest BCUT2D eigenvalue weighted by Crippen LogP contribution is -2.27. The number of fused-ring (bicyclic) bond motifs is 1. The molecule has 1 aliphatic heterocycles. The van der Waals surface area contributed by atoms with E-state index < -0.39 is 0 Å². The van der Waals surface area contributed by atoms with Gasteiger partial charge in [-0.1, -0.05) is 0 Å². The molecule has 2 rings (SSSR count). The molecule has 0 radical (unpaired) electrons. The van der Waals surface area contributed by atoms with Crippen LogP contribution in [-0.4, -0.2) is 19.8 Å². The lowest BCUT2D eigenvalue weighted by atomic mass is 9.96. The minimum atomic E-state index is -0.356. The molecule has 102 valence electrons. The van der Waals surface area contributed by atoms with E-state index >= 15 is 0 Å². The summed E-state index contributed by atoms with van der Waals surface area (Å²) in [4.78, 5) is 0. The van der Waals surface area contributed by atoms with Crippen molar-refractivity contribution in [2.24, 2.45) is 5.41 Å². The third kappa shape index (κ3) is 3.62. The summed E-state index contributed by atoms with van der Waals surface area (Å²) in [5.74, 6) is 1.55. The zero-order valence-electron chi connectivity index (χ0n) is 11.1. The number of nitrogens with zero attached hydrogens (tertiary/aromatic N) is 1. The van der Waals surface area contributed by atoms with Gasteiger partial charge in [-0.05, 0) is 47.5 Å². The first-order chi connectivity index (χ1) is 9.02. The van der Waals surface area contributed by atoms with Crippen molar-refractivity contribution in [1.82, 2.24) is 5.32 Å². The summed E-state index contributed by atoms with van der Waals surface area (Å²) < 4.78 is 12.0. The Balaban J connectivity index is 2.02. The van der Waals surface area contributed by atoms with Gasteiger partial charge in [0.05, 0.1) is 16.0 Å². The molecule has 0 saturated carbocycles. The largest absolute Gasteiger partial charge is 0.486 e. The minimum Gasteiger partial charge on any atom is -0.486 e. The van der Waals surface area contributed by atoms with Gasteiger partial charge in [0.15, 0.2) is 11.5 Å². The second-order valence-corrected chi connectivity index (χ2v) is 6.06. The molecule has 0 fully saturated rings. The molecule has 4 nitrogen and oxygen atoms in total. The van der Waals surface area contributed by atoms with Gasteiger partial charge >= 0.3 is 0 Å². The van der Waals surface area contributed by atoms with Gasteiger partial charge in [0.25, 0.3) is 0 Å².